The summed E-state index contributed by atoms with van der Waals surface area (Å²) in [6.45, 7) is 2.27. The van der Waals surface area contributed by atoms with E-state index in [1.54, 1.807) is 0 Å². The molecule has 0 heterocycles. The molecule has 106 valence electrons. The molecule has 0 heteroatoms. The van der Waals surface area contributed by atoms with Gasteiger partial charge in [-0.15, -0.1) is 0 Å². The smallest absolute Gasteiger partial charge is 0.0184 e. The summed E-state index contributed by atoms with van der Waals surface area (Å²) in [4.78, 5) is 0. The Labute approximate surface area is 123 Å². The van der Waals surface area contributed by atoms with Crippen molar-refractivity contribution in [1.29, 1.82) is 0 Å². The first-order valence-corrected chi connectivity index (χ1v) is 8.04. The maximum absolute atomic E-state index is 2.29. The predicted molar refractivity (Wildman–Crippen MR) is 89.0 cm³/mol. The lowest BCUT2D eigenvalue weighted by Gasteiger charge is -2.05. The molecule has 2 aromatic carbocycles. The molecule has 0 aromatic heterocycles. The van der Waals surface area contributed by atoms with Crippen LogP contribution in [0.4, 0.5) is 0 Å². The fourth-order valence-electron chi connectivity index (χ4n) is 2.60. The molecule has 0 bridgehead atoms. The molecule has 0 nitrogen and oxygen atoms in total. The molecular weight excluding hydrogens is 240 g/mol. The molecule has 0 aliphatic heterocycles. The maximum atomic E-state index is 2.29. The van der Waals surface area contributed by atoms with E-state index in [9.17, 15) is 0 Å². The highest BCUT2D eigenvalue weighted by molar-refractivity contribution is 5.63. The summed E-state index contributed by atoms with van der Waals surface area (Å²) in [5.74, 6) is 0. The maximum Gasteiger partial charge on any atom is -0.0184 e. The number of hydrogen-bond donors (Lipinski definition) is 0. The Bertz CT molecular complexity index is 467. The van der Waals surface area contributed by atoms with E-state index in [1.807, 2.05) is 0 Å². The van der Waals surface area contributed by atoms with Gasteiger partial charge in [-0.05, 0) is 29.5 Å². The number of unbranched alkanes of at least 4 members (excludes halogenated alkanes) is 5. The fraction of sp³-hybridized carbons (Fsp3) is 0.400. The summed E-state index contributed by atoms with van der Waals surface area (Å²) in [6.07, 6.45) is 9.46. The van der Waals surface area contributed by atoms with Gasteiger partial charge >= 0.3 is 0 Å². The lowest BCUT2D eigenvalue weighted by atomic mass is 10.0. The van der Waals surface area contributed by atoms with E-state index in [1.165, 1.54) is 61.6 Å². The van der Waals surface area contributed by atoms with Gasteiger partial charge in [0.1, 0.15) is 0 Å². The molecule has 2 aromatic rings. The van der Waals surface area contributed by atoms with Crippen molar-refractivity contribution < 1.29 is 0 Å². The summed E-state index contributed by atoms with van der Waals surface area (Å²) in [6, 6.07) is 19.7. The van der Waals surface area contributed by atoms with Crippen LogP contribution in [0.2, 0.25) is 0 Å². The lowest BCUT2D eigenvalue weighted by Crippen LogP contribution is -1.87. The quantitative estimate of drug-likeness (QED) is 0.495. The standard InChI is InChI=1S/C20H26/c1-2-3-4-5-6-8-11-18-14-16-20(17-15-18)19-12-9-7-10-13-19/h7,9-10,12-17H,2-6,8,11H2,1H3. The van der Waals surface area contributed by atoms with Crippen molar-refractivity contribution in [2.45, 2.75) is 51.9 Å². The third kappa shape index (κ3) is 4.85. The first-order chi connectivity index (χ1) is 9.90. The molecule has 0 N–H and O–H groups in total. The Morgan fingerprint density at radius 3 is 1.90 bits per heavy atom. The summed E-state index contributed by atoms with van der Waals surface area (Å²) < 4.78 is 0. The van der Waals surface area contributed by atoms with E-state index in [0.717, 1.165) is 0 Å². The minimum absolute atomic E-state index is 1.22. The van der Waals surface area contributed by atoms with Crippen molar-refractivity contribution >= 4 is 0 Å². The first kappa shape index (κ1) is 14.8. The molecule has 0 unspecified atom stereocenters. The van der Waals surface area contributed by atoms with Gasteiger partial charge in [-0.1, -0.05) is 93.6 Å². The van der Waals surface area contributed by atoms with Crippen molar-refractivity contribution in [1.82, 2.24) is 0 Å². The molecule has 0 saturated carbocycles. The van der Waals surface area contributed by atoms with Gasteiger partial charge in [0.2, 0.25) is 0 Å². The van der Waals surface area contributed by atoms with Crippen molar-refractivity contribution in [3.63, 3.8) is 0 Å². The normalized spacial score (nSPS) is 10.7. The number of rotatable bonds is 8. The molecule has 0 aliphatic rings. The molecular formula is C20H26. The molecule has 0 amide bonds. The molecule has 20 heavy (non-hydrogen) atoms. The predicted octanol–water partition coefficient (Wildman–Crippen LogP) is 6.26. The van der Waals surface area contributed by atoms with Crippen LogP contribution >= 0.6 is 0 Å². The van der Waals surface area contributed by atoms with Crippen LogP contribution in [-0.4, -0.2) is 0 Å². The van der Waals surface area contributed by atoms with Crippen LogP contribution < -0.4 is 0 Å². The van der Waals surface area contributed by atoms with Crippen LogP contribution in [0.25, 0.3) is 11.1 Å². The highest BCUT2D eigenvalue weighted by Crippen LogP contribution is 2.20. The van der Waals surface area contributed by atoms with Gasteiger partial charge in [0.05, 0.1) is 0 Å². The van der Waals surface area contributed by atoms with Gasteiger partial charge in [-0.3, -0.25) is 0 Å². The number of aryl methyl sites for hydroxylation is 1. The van der Waals surface area contributed by atoms with Crippen LogP contribution in [0.3, 0.4) is 0 Å². The zero-order chi connectivity index (χ0) is 14.0. The van der Waals surface area contributed by atoms with E-state index < -0.39 is 0 Å². The van der Waals surface area contributed by atoms with Gasteiger partial charge in [0, 0.05) is 0 Å². The average Bonchev–Trinajstić information content (AvgIpc) is 2.52. The monoisotopic (exact) mass is 266 g/mol. The number of benzene rings is 2. The Morgan fingerprint density at radius 2 is 1.20 bits per heavy atom. The van der Waals surface area contributed by atoms with Crippen molar-refractivity contribution in [3.8, 4) is 11.1 Å². The molecule has 0 fully saturated rings. The van der Waals surface area contributed by atoms with Gasteiger partial charge in [0.25, 0.3) is 0 Å². The topological polar surface area (TPSA) is 0 Å². The summed E-state index contributed by atoms with van der Waals surface area (Å²) >= 11 is 0. The van der Waals surface area contributed by atoms with Crippen LogP contribution in [0.15, 0.2) is 54.6 Å². The van der Waals surface area contributed by atoms with Crippen molar-refractivity contribution in [2.24, 2.45) is 0 Å². The third-order valence-corrected chi connectivity index (χ3v) is 3.88. The van der Waals surface area contributed by atoms with E-state index in [-0.39, 0.29) is 0 Å². The van der Waals surface area contributed by atoms with E-state index in [2.05, 4.69) is 61.5 Å². The Hall–Kier alpha value is -1.56. The Kier molecular flexibility index (Phi) is 6.37. The van der Waals surface area contributed by atoms with E-state index in [4.69, 9.17) is 0 Å². The van der Waals surface area contributed by atoms with Crippen LogP contribution in [0, 0.1) is 0 Å². The summed E-state index contributed by atoms with van der Waals surface area (Å²) in [5.41, 5.74) is 4.09. The fourth-order valence-corrected chi connectivity index (χ4v) is 2.60. The molecule has 0 aliphatic carbocycles. The zero-order valence-corrected chi connectivity index (χ0v) is 12.6. The third-order valence-electron chi connectivity index (χ3n) is 3.88. The summed E-state index contributed by atoms with van der Waals surface area (Å²) in [5, 5.41) is 0. The van der Waals surface area contributed by atoms with Crippen LogP contribution in [-0.2, 0) is 6.42 Å². The molecule has 0 atom stereocenters. The van der Waals surface area contributed by atoms with Gasteiger partial charge in [-0.25, -0.2) is 0 Å². The minimum atomic E-state index is 1.22. The first-order valence-electron chi connectivity index (χ1n) is 8.04. The summed E-state index contributed by atoms with van der Waals surface area (Å²) in [7, 11) is 0. The highest BCUT2D eigenvalue weighted by atomic mass is 14.0. The van der Waals surface area contributed by atoms with E-state index >= 15 is 0 Å². The molecule has 0 spiro atoms. The lowest BCUT2D eigenvalue weighted by molar-refractivity contribution is 0.607. The molecule has 2 rings (SSSR count). The molecule has 0 radical (unpaired) electrons. The van der Waals surface area contributed by atoms with Crippen LogP contribution in [0.1, 0.15) is 51.0 Å². The van der Waals surface area contributed by atoms with Crippen LogP contribution in [0.5, 0.6) is 0 Å². The van der Waals surface area contributed by atoms with Crippen molar-refractivity contribution in [2.75, 3.05) is 0 Å². The molecule has 0 saturated heterocycles. The SMILES string of the molecule is CCCCCCCCc1ccc(-c2ccccc2)cc1. The Morgan fingerprint density at radius 1 is 0.600 bits per heavy atom. The van der Waals surface area contributed by atoms with Crippen molar-refractivity contribution in [3.05, 3.63) is 60.2 Å². The van der Waals surface area contributed by atoms with Gasteiger partial charge in [-0.2, -0.15) is 0 Å². The second-order valence-electron chi connectivity index (χ2n) is 5.58. The zero-order valence-electron chi connectivity index (χ0n) is 12.6. The second-order valence-corrected chi connectivity index (χ2v) is 5.58. The Balaban J connectivity index is 1.77. The van der Waals surface area contributed by atoms with Gasteiger partial charge < -0.3 is 0 Å². The number of hydrogen-bond acceptors (Lipinski definition) is 0. The van der Waals surface area contributed by atoms with Gasteiger partial charge in [0.15, 0.2) is 0 Å². The average molecular weight is 266 g/mol. The minimum Gasteiger partial charge on any atom is -0.0654 e. The highest BCUT2D eigenvalue weighted by Gasteiger charge is 1.98. The largest absolute Gasteiger partial charge is 0.0654 e. The second kappa shape index (κ2) is 8.58. The van der Waals surface area contributed by atoms with E-state index in [0.29, 0.717) is 0 Å².